The number of amides is 1. The molecule has 0 bridgehead atoms. The molecule has 0 aromatic heterocycles. The average molecular weight is 386 g/mol. The molecule has 150 valence electrons. The van der Waals surface area contributed by atoms with E-state index in [9.17, 15) is 9.18 Å². The van der Waals surface area contributed by atoms with Crippen molar-refractivity contribution in [2.75, 3.05) is 19.6 Å². The van der Waals surface area contributed by atoms with Gasteiger partial charge in [-0.2, -0.15) is 0 Å². The first-order chi connectivity index (χ1) is 13.6. The second kappa shape index (κ2) is 9.55. The van der Waals surface area contributed by atoms with Crippen LogP contribution in [-0.2, 0) is 18.0 Å². The van der Waals surface area contributed by atoms with Crippen molar-refractivity contribution in [1.29, 1.82) is 0 Å². The van der Waals surface area contributed by atoms with Crippen LogP contribution in [0.2, 0.25) is 0 Å². The maximum absolute atomic E-state index is 14.2. The fourth-order valence-electron chi connectivity index (χ4n) is 3.31. The molecule has 1 amide bonds. The molecule has 28 heavy (non-hydrogen) atoms. The molecule has 1 aliphatic rings. The summed E-state index contributed by atoms with van der Waals surface area (Å²) in [6, 6.07) is 12.6. The zero-order valence-corrected chi connectivity index (χ0v) is 16.4. The zero-order valence-electron chi connectivity index (χ0n) is 16.4. The lowest BCUT2D eigenvalue weighted by Crippen LogP contribution is -2.53. The normalized spacial score (nSPS) is 16.7. The van der Waals surface area contributed by atoms with Gasteiger partial charge in [0.2, 0.25) is 0 Å². The number of hydrogen-bond acceptors (Lipinski definition) is 4. The van der Waals surface area contributed by atoms with E-state index in [0.717, 1.165) is 30.6 Å². The first kappa shape index (κ1) is 20.1. The molecule has 5 nitrogen and oxygen atoms in total. The molecular weight excluding hydrogens is 359 g/mol. The minimum absolute atomic E-state index is 0.107. The van der Waals surface area contributed by atoms with Crippen molar-refractivity contribution in [2.24, 2.45) is 0 Å². The van der Waals surface area contributed by atoms with E-state index in [0.29, 0.717) is 24.5 Å². The summed E-state index contributed by atoms with van der Waals surface area (Å²) in [5.41, 5.74) is 2.51. The van der Waals surface area contributed by atoms with Crippen molar-refractivity contribution < 1.29 is 18.7 Å². The van der Waals surface area contributed by atoms with Crippen LogP contribution >= 0.6 is 0 Å². The number of rotatable bonds is 6. The van der Waals surface area contributed by atoms with Gasteiger partial charge in [0.1, 0.15) is 24.8 Å². The molecule has 1 fully saturated rings. The predicted molar refractivity (Wildman–Crippen MR) is 106 cm³/mol. The largest absolute Gasteiger partial charge is 0.489 e. The van der Waals surface area contributed by atoms with Gasteiger partial charge in [0.25, 0.3) is 0 Å². The maximum atomic E-state index is 14.2. The highest BCUT2D eigenvalue weighted by molar-refractivity contribution is 5.68. The van der Waals surface area contributed by atoms with E-state index in [-0.39, 0.29) is 12.6 Å². The summed E-state index contributed by atoms with van der Waals surface area (Å²) >= 11 is 0. The number of halogens is 1. The van der Waals surface area contributed by atoms with Crippen molar-refractivity contribution in [3.8, 4) is 5.75 Å². The smallest absolute Gasteiger partial charge is 0.410 e. The van der Waals surface area contributed by atoms with Crippen molar-refractivity contribution in [1.82, 2.24) is 10.2 Å². The first-order valence-electron chi connectivity index (χ1n) is 9.67. The molecule has 6 heteroatoms. The molecule has 2 aromatic rings. The molecule has 0 aliphatic carbocycles. The summed E-state index contributed by atoms with van der Waals surface area (Å²) in [4.78, 5) is 14.1. The highest BCUT2D eigenvalue weighted by Gasteiger charge is 2.26. The second-order valence-corrected chi connectivity index (χ2v) is 7.05. The number of carbonyl (C=O) groups excluding carboxylic acids is 1. The van der Waals surface area contributed by atoms with Gasteiger partial charge in [-0.15, -0.1) is 0 Å². The minimum Gasteiger partial charge on any atom is -0.489 e. The van der Waals surface area contributed by atoms with Crippen molar-refractivity contribution in [2.45, 2.75) is 39.5 Å². The number of carbonyl (C=O) groups is 1. The third-order valence-electron chi connectivity index (χ3n) is 4.91. The van der Waals surface area contributed by atoms with Crippen LogP contribution < -0.4 is 10.1 Å². The zero-order chi connectivity index (χ0) is 19.9. The summed E-state index contributed by atoms with van der Waals surface area (Å²) in [6.45, 7) is 6.42. The van der Waals surface area contributed by atoms with Crippen LogP contribution in [0.3, 0.4) is 0 Å². The molecule has 1 heterocycles. The highest BCUT2D eigenvalue weighted by Crippen LogP contribution is 2.20. The Balaban J connectivity index is 1.59. The quantitative estimate of drug-likeness (QED) is 0.814. The van der Waals surface area contributed by atoms with Crippen LogP contribution in [-0.4, -0.2) is 36.7 Å². The van der Waals surface area contributed by atoms with Crippen LogP contribution in [0.5, 0.6) is 5.75 Å². The van der Waals surface area contributed by atoms with Gasteiger partial charge in [0.05, 0.1) is 0 Å². The minimum atomic E-state index is -0.414. The molecule has 3 rings (SSSR count). The summed E-state index contributed by atoms with van der Waals surface area (Å²) in [5.74, 6) is 0.130. The van der Waals surface area contributed by atoms with E-state index in [4.69, 9.17) is 9.47 Å². The van der Waals surface area contributed by atoms with Gasteiger partial charge in [0, 0.05) is 31.2 Å². The Morgan fingerprint density at radius 2 is 2.11 bits per heavy atom. The Kier molecular flexibility index (Phi) is 6.87. The molecule has 1 atom stereocenters. The Morgan fingerprint density at radius 3 is 2.89 bits per heavy atom. The van der Waals surface area contributed by atoms with E-state index < -0.39 is 11.9 Å². The van der Waals surface area contributed by atoms with E-state index in [2.05, 4.69) is 5.32 Å². The number of nitrogens with zero attached hydrogens (tertiary/aromatic N) is 1. The fourth-order valence-corrected chi connectivity index (χ4v) is 3.31. The Hall–Kier alpha value is -2.60. The van der Waals surface area contributed by atoms with Gasteiger partial charge in [-0.25, -0.2) is 9.18 Å². The van der Waals surface area contributed by atoms with Crippen LogP contribution in [0.25, 0.3) is 0 Å². The highest BCUT2D eigenvalue weighted by atomic mass is 19.1. The van der Waals surface area contributed by atoms with E-state index in [1.54, 1.807) is 17.0 Å². The van der Waals surface area contributed by atoms with Gasteiger partial charge in [-0.3, -0.25) is 0 Å². The standard InChI is InChI=1S/C22H27FN2O3/c1-3-19-13-24-9-10-25(19)22(26)28-15-18-12-20(7-8-21(18)23)27-14-17-6-4-5-16(2)11-17/h4-8,11-12,19,24H,3,9-10,13-15H2,1-2H3. The summed E-state index contributed by atoms with van der Waals surface area (Å²) in [5, 5.41) is 3.27. The SMILES string of the molecule is CCC1CNCCN1C(=O)OCc1cc(OCc2cccc(C)c2)ccc1F. The van der Waals surface area contributed by atoms with E-state index >= 15 is 0 Å². The van der Waals surface area contributed by atoms with Gasteiger partial charge in [-0.05, 0) is 37.1 Å². The molecular formula is C22H27FN2O3. The first-order valence-corrected chi connectivity index (χ1v) is 9.67. The van der Waals surface area contributed by atoms with E-state index in [1.807, 2.05) is 38.1 Å². The molecule has 0 saturated carbocycles. The molecule has 1 saturated heterocycles. The van der Waals surface area contributed by atoms with Gasteiger partial charge in [-0.1, -0.05) is 36.8 Å². The third kappa shape index (κ3) is 5.23. The summed E-state index contributed by atoms with van der Waals surface area (Å²) in [7, 11) is 0. The van der Waals surface area contributed by atoms with Crippen LogP contribution in [0, 0.1) is 12.7 Å². The average Bonchev–Trinajstić information content (AvgIpc) is 2.72. The number of nitrogens with one attached hydrogen (secondary N) is 1. The number of piperazine rings is 1. The second-order valence-electron chi connectivity index (χ2n) is 7.05. The molecule has 0 radical (unpaired) electrons. The number of hydrogen-bond donors (Lipinski definition) is 1. The van der Waals surface area contributed by atoms with Gasteiger partial charge < -0.3 is 19.7 Å². The summed E-state index contributed by atoms with van der Waals surface area (Å²) in [6.07, 6.45) is 0.442. The van der Waals surface area contributed by atoms with Crippen molar-refractivity contribution in [3.63, 3.8) is 0 Å². The topological polar surface area (TPSA) is 50.8 Å². The van der Waals surface area contributed by atoms with Gasteiger partial charge in [0.15, 0.2) is 0 Å². The number of ether oxygens (including phenoxy) is 2. The van der Waals surface area contributed by atoms with E-state index in [1.165, 1.54) is 6.07 Å². The Labute approximate surface area is 165 Å². The molecule has 2 aromatic carbocycles. The van der Waals surface area contributed by atoms with Crippen LogP contribution in [0.1, 0.15) is 30.0 Å². The lowest BCUT2D eigenvalue weighted by Gasteiger charge is -2.34. The van der Waals surface area contributed by atoms with Crippen LogP contribution in [0.4, 0.5) is 9.18 Å². The number of benzene rings is 2. The monoisotopic (exact) mass is 386 g/mol. The third-order valence-corrected chi connectivity index (χ3v) is 4.91. The molecule has 1 aliphatic heterocycles. The van der Waals surface area contributed by atoms with Crippen molar-refractivity contribution in [3.05, 3.63) is 65.0 Å². The lowest BCUT2D eigenvalue weighted by atomic mass is 10.1. The van der Waals surface area contributed by atoms with Crippen molar-refractivity contribution >= 4 is 6.09 Å². The molecule has 0 spiro atoms. The maximum Gasteiger partial charge on any atom is 0.410 e. The molecule has 1 unspecified atom stereocenters. The molecule has 1 N–H and O–H groups in total. The Bertz CT molecular complexity index is 812. The van der Waals surface area contributed by atoms with Crippen LogP contribution in [0.15, 0.2) is 42.5 Å². The summed E-state index contributed by atoms with van der Waals surface area (Å²) < 4.78 is 25.3. The Morgan fingerprint density at radius 1 is 1.25 bits per heavy atom. The fraction of sp³-hybridized carbons (Fsp3) is 0.409. The van der Waals surface area contributed by atoms with Gasteiger partial charge >= 0.3 is 6.09 Å². The lowest BCUT2D eigenvalue weighted by molar-refractivity contribution is 0.0706. The number of aryl methyl sites for hydroxylation is 1. The predicted octanol–water partition coefficient (Wildman–Crippen LogP) is 4.03.